The Morgan fingerprint density at radius 3 is 2.56 bits per heavy atom. The van der Waals surface area contributed by atoms with Crippen molar-refractivity contribution in [3.63, 3.8) is 0 Å². The first-order valence-electron chi connectivity index (χ1n) is 2.27. The molecule has 1 heterocycles. The Morgan fingerprint density at radius 2 is 2.33 bits per heavy atom. The van der Waals surface area contributed by atoms with Crippen LogP contribution in [0.3, 0.4) is 0 Å². The summed E-state index contributed by atoms with van der Waals surface area (Å²) in [5.41, 5.74) is 0. The van der Waals surface area contributed by atoms with Gasteiger partial charge in [-0.2, -0.15) is 8.42 Å². The Labute approximate surface area is 52.1 Å². The molecule has 5 nitrogen and oxygen atoms in total. The minimum Gasteiger partial charge on any atom is -0.395 e. The Kier molecular flexibility index (Phi) is 1.42. The van der Waals surface area contributed by atoms with Crippen molar-refractivity contribution < 1.29 is 17.8 Å². The van der Waals surface area contributed by atoms with Crippen molar-refractivity contribution in [2.24, 2.45) is 5.16 Å². The third-order valence-electron chi connectivity index (χ3n) is 0.871. The Hall–Kier alpha value is -0.620. The van der Waals surface area contributed by atoms with Gasteiger partial charge in [-0.15, -0.1) is 0 Å². The van der Waals surface area contributed by atoms with Gasteiger partial charge in [0.05, 0.1) is 0 Å². The van der Waals surface area contributed by atoms with E-state index in [0.29, 0.717) is 0 Å². The van der Waals surface area contributed by atoms with Gasteiger partial charge in [0.25, 0.3) is 0 Å². The Balaban J connectivity index is 2.87. The average Bonchev–Trinajstić information content (AvgIpc) is 2.08. The van der Waals surface area contributed by atoms with Crippen molar-refractivity contribution >= 4 is 15.2 Å². The Bertz CT molecular complexity index is 228. The van der Waals surface area contributed by atoms with Crippen LogP contribution in [-0.4, -0.2) is 24.6 Å². The zero-order valence-electron chi connectivity index (χ0n) is 4.44. The molecule has 52 valence electrons. The number of rotatable bonds is 0. The SMILES string of the molecule is O=S(=O)(O)C1=NOCC1. The van der Waals surface area contributed by atoms with Gasteiger partial charge in [-0.1, -0.05) is 5.16 Å². The molecule has 0 aromatic rings. The van der Waals surface area contributed by atoms with Crippen LogP contribution in [0.4, 0.5) is 0 Å². The molecule has 0 aromatic carbocycles. The van der Waals surface area contributed by atoms with Crippen LogP contribution in [0, 0.1) is 0 Å². The van der Waals surface area contributed by atoms with Gasteiger partial charge in [0.15, 0.2) is 0 Å². The summed E-state index contributed by atoms with van der Waals surface area (Å²) in [5, 5.41) is 2.80. The molecule has 0 aliphatic carbocycles. The summed E-state index contributed by atoms with van der Waals surface area (Å²) >= 11 is 0. The zero-order chi connectivity index (χ0) is 6.91. The fraction of sp³-hybridized carbons (Fsp3) is 0.667. The standard InChI is InChI=1S/C3H5NO4S/c5-9(6,7)3-1-2-8-4-3/h1-2H2,(H,5,6,7). The summed E-state index contributed by atoms with van der Waals surface area (Å²) in [6.45, 7) is 0.231. The van der Waals surface area contributed by atoms with Crippen molar-refractivity contribution in [1.29, 1.82) is 0 Å². The second-order valence-corrected chi connectivity index (χ2v) is 2.96. The largest absolute Gasteiger partial charge is 0.395 e. The number of oxime groups is 1. The lowest BCUT2D eigenvalue weighted by atomic mass is 10.5. The number of hydrogen-bond donors (Lipinski definition) is 1. The van der Waals surface area contributed by atoms with E-state index >= 15 is 0 Å². The van der Waals surface area contributed by atoms with Gasteiger partial charge in [-0.25, -0.2) is 0 Å². The normalized spacial score (nSPS) is 19.0. The Morgan fingerprint density at radius 1 is 1.67 bits per heavy atom. The zero-order valence-corrected chi connectivity index (χ0v) is 5.26. The van der Waals surface area contributed by atoms with Crippen LogP contribution in [0.25, 0.3) is 0 Å². The molecule has 0 radical (unpaired) electrons. The highest BCUT2D eigenvalue weighted by atomic mass is 32.2. The van der Waals surface area contributed by atoms with E-state index in [0.717, 1.165) is 0 Å². The molecule has 1 rings (SSSR count). The maximum absolute atomic E-state index is 10.2. The fourth-order valence-electron chi connectivity index (χ4n) is 0.472. The van der Waals surface area contributed by atoms with Crippen LogP contribution >= 0.6 is 0 Å². The first-order chi connectivity index (χ1) is 4.11. The minimum absolute atomic E-state index is 0.166. The molecule has 6 heteroatoms. The van der Waals surface area contributed by atoms with E-state index in [4.69, 9.17) is 4.55 Å². The van der Waals surface area contributed by atoms with E-state index in [1.165, 1.54) is 0 Å². The highest BCUT2D eigenvalue weighted by Crippen LogP contribution is 2.04. The van der Waals surface area contributed by atoms with Crippen LogP contribution in [0.15, 0.2) is 5.16 Å². The van der Waals surface area contributed by atoms with Gasteiger partial charge in [0.2, 0.25) is 5.04 Å². The third-order valence-corrected chi connectivity index (χ3v) is 1.75. The molecule has 1 aliphatic heterocycles. The molecule has 0 atom stereocenters. The van der Waals surface area contributed by atoms with Gasteiger partial charge in [0, 0.05) is 6.42 Å². The molecule has 0 amide bonds. The maximum Gasteiger partial charge on any atom is 0.311 e. The molecule has 1 aliphatic rings. The first kappa shape index (κ1) is 6.50. The molecule has 0 aromatic heterocycles. The summed E-state index contributed by atoms with van der Waals surface area (Å²) in [4.78, 5) is 4.33. The number of hydrogen-bond acceptors (Lipinski definition) is 4. The van der Waals surface area contributed by atoms with Gasteiger partial charge in [0.1, 0.15) is 6.61 Å². The molecule has 0 unspecified atom stereocenters. The monoisotopic (exact) mass is 151 g/mol. The highest BCUT2D eigenvalue weighted by Gasteiger charge is 2.20. The van der Waals surface area contributed by atoms with Crippen LogP contribution in [0.1, 0.15) is 6.42 Å². The average molecular weight is 151 g/mol. The molecular weight excluding hydrogens is 146 g/mol. The third kappa shape index (κ3) is 1.39. The molecule has 9 heavy (non-hydrogen) atoms. The lowest BCUT2D eigenvalue weighted by Gasteiger charge is -1.86. The van der Waals surface area contributed by atoms with E-state index in [-0.39, 0.29) is 18.1 Å². The number of nitrogens with zero attached hydrogens (tertiary/aromatic N) is 1. The molecule has 0 bridgehead atoms. The van der Waals surface area contributed by atoms with Crippen molar-refractivity contribution in [2.45, 2.75) is 6.42 Å². The lowest BCUT2D eigenvalue weighted by molar-refractivity contribution is 0.174. The van der Waals surface area contributed by atoms with E-state index < -0.39 is 10.1 Å². The van der Waals surface area contributed by atoms with E-state index in [1.807, 2.05) is 0 Å². The van der Waals surface area contributed by atoms with Crippen LogP contribution in [0.2, 0.25) is 0 Å². The van der Waals surface area contributed by atoms with Gasteiger partial charge >= 0.3 is 10.1 Å². The van der Waals surface area contributed by atoms with Crippen LogP contribution in [-0.2, 0) is 15.0 Å². The molecule has 0 fully saturated rings. The van der Waals surface area contributed by atoms with Gasteiger partial charge in [-0.05, 0) is 0 Å². The molecule has 0 saturated carbocycles. The van der Waals surface area contributed by atoms with Crippen molar-refractivity contribution in [1.82, 2.24) is 0 Å². The fourth-order valence-corrected chi connectivity index (χ4v) is 0.960. The second-order valence-electron chi connectivity index (χ2n) is 1.54. The summed E-state index contributed by atoms with van der Waals surface area (Å²) in [6.07, 6.45) is 0.166. The van der Waals surface area contributed by atoms with Gasteiger partial charge in [-0.3, -0.25) is 4.55 Å². The molecule has 0 saturated heterocycles. The quantitative estimate of drug-likeness (QED) is 0.478. The van der Waals surface area contributed by atoms with E-state index in [9.17, 15) is 8.42 Å². The van der Waals surface area contributed by atoms with Crippen molar-refractivity contribution in [2.75, 3.05) is 6.61 Å². The lowest BCUT2D eigenvalue weighted by Crippen LogP contribution is -2.10. The van der Waals surface area contributed by atoms with Crippen LogP contribution < -0.4 is 0 Å². The van der Waals surface area contributed by atoms with Crippen LogP contribution in [0.5, 0.6) is 0 Å². The van der Waals surface area contributed by atoms with Crippen molar-refractivity contribution in [3.8, 4) is 0 Å². The molecular formula is C3H5NO4S. The van der Waals surface area contributed by atoms with E-state index in [2.05, 4.69) is 9.99 Å². The van der Waals surface area contributed by atoms with E-state index in [1.54, 1.807) is 0 Å². The maximum atomic E-state index is 10.2. The smallest absolute Gasteiger partial charge is 0.311 e. The molecule has 1 N–H and O–H groups in total. The summed E-state index contributed by atoms with van der Waals surface area (Å²) < 4.78 is 28.6. The molecule has 0 spiro atoms. The summed E-state index contributed by atoms with van der Waals surface area (Å²) in [5.74, 6) is 0. The predicted molar refractivity (Wildman–Crippen MR) is 29.6 cm³/mol. The van der Waals surface area contributed by atoms with Crippen molar-refractivity contribution in [3.05, 3.63) is 0 Å². The van der Waals surface area contributed by atoms with Gasteiger partial charge < -0.3 is 4.84 Å². The summed E-state index contributed by atoms with van der Waals surface area (Å²) in [7, 11) is -4.08. The second kappa shape index (κ2) is 1.96. The predicted octanol–water partition coefficient (Wildman–Crippen LogP) is -0.392. The first-order valence-corrected chi connectivity index (χ1v) is 3.71. The highest BCUT2D eigenvalue weighted by molar-refractivity contribution is 8.01. The topological polar surface area (TPSA) is 76.0 Å². The minimum atomic E-state index is -4.08. The summed E-state index contributed by atoms with van der Waals surface area (Å²) in [6, 6.07) is 0.